The highest BCUT2D eigenvalue weighted by molar-refractivity contribution is 5.37. The van der Waals surface area contributed by atoms with Crippen LogP contribution in [0.25, 0.3) is 0 Å². The highest BCUT2D eigenvalue weighted by atomic mass is 16.5. The highest BCUT2D eigenvalue weighted by Crippen LogP contribution is 2.44. The van der Waals surface area contributed by atoms with Crippen LogP contribution >= 0.6 is 0 Å². The second-order valence-corrected chi connectivity index (χ2v) is 5.82. The van der Waals surface area contributed by atoms with Crippen molar-refractivity contribution in [2.75, 3.05) is 13.2 Å². The maximum Gasteiger partial charge on any atom is 0.124 e. The van der Waals surface area contributed by atoms with Crippen LogP contribution in [0.5, 0.6) is 5.75 Å². The van der Waals surface area contributed by atoms with Crippen molar-refractivity contribution < 1.29 is 4.74 Å². The Kier molecular flexibility index (Phi) is 3.29. The Morgan fingerprint density at radius 2 is 2.17 bits per heavy atom. The molecular formula is C16H23NO. The number of benzene rings is 1. The molecule has 1 atom stereocenters. The van der Waals surface area contributed by atoms with Gasteiger partial charge in [-0.15, -0.1) is 0 Å². The molecule has 3 rings (SSSR count). The molecule has 1 heterocycles. The van der Waals surface area contributed by atoms with Crippen LogP contribution in [0.4, 0.5) is 0 Å². The van der Waals surface area contributed by atoms with Gasteiger partial charge in [0.1, 0.15) is 5.75 Å². The Morgan fingerprint density at radius 3 is 2.89 bits per heavy atom. The summed E-state index contributed by atoms with van der Waals surface area (Å²) in [6.07, 6.45) is 6.63. The van der Waals surface area contributed by atoms with Crippen LogP contribution < -0.4 is 10.1 Å². The summed E-state index contributed by atoms with van der Waals surface area (Å²) < 4.78 is 5.71. The van der Waals surface area contributed by atoms with Gasteiger partial charge in [0, 0.05) is 24.6 Å². The summed E-state index contributed by atoms with van der Waals surface area (Å²) >= 11 is 0. The molecule has 2 heteroatoms. The predicted molar refractivity (Wildman–Crippen MR) is 73.9 cm³/mol. The van der Waals surface area contributed by atoms with Gasteiger partial charge in [-0.05, 0) is 30.7 Å². The van der Waals surface area contributed by atoms with Crippen molar-refractivity contribution in [3.05, 3.63) is 29.8 Å². The van der Waals surface area contributed by atoms with E-state index in [1.807, 2.05) is 0 Å². The van der Waals surface area contributed by atoms with Gasteiger partial charge in [0.05, 0.1) is 6.61 Å². The minimum absolute atomic E-state index is 0.485. The first-order valence-corrected chi connectivity index (χ1v) is 7.28. The van der Waals surface area contributed by atoms with E-state index in [-0.39, 0.29) is 0 Å². The lowest BCUT2D eigenvalue weighted by Crippen LogP contribution is -2.41. The van der Waals surface area contributed by atoms with E-state index in [1.165, 1.54) is 37.8 Å². The van der Waals surface area contributed by atoms with E-state index in [4.69, 9.17) is 4.74 Å². The van der Waals surface area contributed by atoms with Crippen molar-refractivity contribution in [2.24, 2.45) is 5.41 Å². The lowest BCUT2D eigenvalue weighted by molar-refractivity contribution is 0.114. The van der Waals surface area contributed by atoms with E-state index in [0.29, 0.717) is 11.5 Å². The van der Waals surface area contributed by atoms with Gasteiger partial charge in [-0.25, -0.2) is 0 Å². The fourth-order valence-corrected chi connectivity index (χ4v) is 3.23. The molecule has 0 aromatic heterocycles. The van der Waals surface area contributed by atoms with Crippen LogP contribution in [-0.4, -0.2) is 13.2 Å². The molecule has 2 nitrogen and oxygen atoms in total. The average molecular weight is 245 g/mol. The fraction of sp³-hybridized carbons (Fsp3) is 0.625. The van der Waals surface area contributed by atoms with Crippen LogP contribution in [0, 0.1) is 5.41 Å². The zero-order valence-corrected chi connectivity index (χ0v) is 11.2. The number of hydrogen-bond acceptors (Lipinski definition) is 2. The highest BCUT2D eigenvalue weighted by Gasteiger charge is 2.35. The van der Waals surface area contributed by atoms with Crippen LogP contribution in [-0.2, 0) is 0 Å². The first-order chi connectivity index (χ1) is 8.83. The Labute approximate surface area is 110 Å². The minimum Gasteiger partial charge on any atom is -0.493 e. The van der Waals surface area contributed by atoms with Crippen molar-refractivity contribution in [2.45, 2.75) is 45.1 Å². The zero-order chi connectivity index (χ0) is 12.4. The number of nitrogens with one attached hydrogen (secondary N) is 1. The van der Waals surface area contributed by atoms with E-state index in [9.17, 15) is 0 Å². The van der Waals surface area contributed by atoms with Gasteiger partial charge in [0.2, 0.25) is 0 Å². The Balaban J connectivity index is 1.67. The van der Waals surface area contributed by atoms with Crippen molar-refractivity contribution in [1.29, 1.82) is 0 Å². The standard InChI is InChI=1S/C16H23NO/c1-2-16(9-5-10-16)12-17-14-8-11-18-15-7-4-3-6-13(14)15/h3-4,6-7,14,17H,2,5,8-12H2,1H3. The molecule has 1 aliphatic carbocycles. The number of fused-ring (bicyclic) bond motifs is 1. The molecule has 0 bridgehead atoms. The molecule has 1 N–H and O–H groups in total. The largest absolute Gasteiger partial charge is 0.493 e. The van der Waals surface area contributed by atoms with Gasteiger partial charge in [-0.3, -0.25) is 0 Å². The summed E-state index contributed by atoms with van der Waals surface area (Å²) in [5.74, 6) is 1.07. The van der Waals surface area contributed by atoms with Gasteiger partial charge < -0.3 is 10.1 Å². The Bertz CT molecular complexity index is 406. The van der Waals surface area contributed by atoms with E-state index < -0.39 is 0 Å². The third-order valence-electron chi connectivity index (χ3n) is 4.85. The molecule has 18 heavy (non-hydrogen) atoms. The third kappa shape index (κ3) is 2.14. The van der Waals surface area contributed by atoms with Crippen LogP contribution in [0.15, 0.2) is 24.3 Å². The molecule has 1 unspecified atom stereocenters. The molecule has 0 saturated heterocycles. The Morgan fingerprint density at radius 1 is 1.33 bits per heavy atom. The monoisotopic (exact) mass is 245 g/mol. The van der Waals surface area contributed by atoms with Gasteiger partial charge in [-0.1, -0.05) is 31.5 Å². The molecule has 2 aliphatic rings. The van der Waals surface area contributed by atoms with Gasteiger partial charge in [0.25, 0.3) is 0 Å². The molecule has 98 valence electrons. The first kappa shape index (κ1) is 12.0. The maximum absolute atomic E-state index is 5.71. The summed E-state index contributed by atoms with van der Waals surface area (Å²) in [6, 6.07) is 8.94. The summed E-state index contributed by atoms with van der Waals surface area (Å²) in [4.78, 5) is 0. The quantitative estimate of drug-likeness (QED) is 0.873. The van der Waals surface area contributed by atoms with Crippen LogP contribution in [0.3, 0.4) is 0 Å². The number of ether oxygens (including phenoxy) is 1. The summed E-state index contributed by atoms with van der Waals surface area (Å²) in [5, 5.41) is 3.79. The first-order valence-electron chi connectivity index (χ1n) is 7.28. The topological polar surface area (TPSA) is 21.3 Å². The molecule has 1 fully saturated rings. The van der Waals surface area contributed by atoms with Gasteiger partial charge >= 0.3 is 0 Å². The molecule has 1 saturated carbocycles. The molecule has 0 radical (unpaired) electrons. The fourth-order valence-electron chi connectivity index (χ4n) is 3.23. The normalized spacial score (nSPS) is 24.8. The van der Waals surface area contributed by atoms with Crippen LogP contribution in [0.2, 0.25) is 0 Å². The molecular weight excluding hydrogens is 222 g/mol. The molecule has 1 aliphatic heterocycles. The molecule has 0 spiro atoms. The number of rotatable bonds is 4. The van der Waals surface area contributed by atoms with Crippen molar-refractivity contribution in [3.8, 4) is 5.75 Å². The van der Waals surface area contributed by atoms with Crippen molar-refractivity contribution in [3.63, 3.8) is 0 Å². The smallest absolute Gasteiger partial charge is 0.124 e. The van der Waals surface area contributed by atoms with Crippen molar-refractivity contribution >= 4 is 0 Å². The molecule has 1 aromatic rings. The zero-order valence-electron chi connectivity index (χ0n) is 11.2. The summed E-state index contributed by atoms with van der Waals surface area (Å²) in [7, 11) is 0. The van der Waals surface area contributed by atoms with E-state index in [0.717, 1.165) is 18.8 Å². The predicted octanol–water partition coefficient (Wildman–Crippen LogP) is 3.68. The Hall–Kier alpha value is -1.02. The van der Waals surface area contributed by atoms with Crippen LogP contribution in [0.1, 0.15) is 50.6 Å². The third-order valence-corrected chi connectivity index (χ3v) is 4.85. The minimum atomic E-state index is 0.485. The van der Waals surface area contributed by atoms with Gasteiger partial charge in [0.15, 0.2) is 0 Å². The van der Waals surface area contributed by atoms with Gasteiger partial charge in [-0.2, -0.15) is 0 Å². The summed E-state index contributed by atoms with van der Waals surface area (Å²) in [5.41, 5.74) is 1.93. The maximum atomic E-state index is 5.71. The SMILES string of the molecule is CCC1(CNC2CCOc3ccccc32)CCC1. The second kappa shape index (κ2) is 4.93. The average Bonchev–Trinajstić information content (AvgIpc) is 2.38. The van der Waals surface area contributed by atoms with E-state index >= 15 is 0 Å². The van der Waals surface area contributed by atoms with E-state index in [1.54, 1.807) is 0 Å². The molecule has 0 amide bonds. The lowest BCUT2D eigenvalue weighted by atomic mass is 9.67. The number of para-hydroxylation sites is 1. The second-order valence-electron chi connectivity index (χ2n) is 5.82. The summed E-state index contributed by atoms with van der Waals surface area (Å²) in [6.45, 7) is 4.34. The van der Waals surface area contributed by atoms with E-state index in [2.05, 4.69) is 36.5 Å². The molecule has 1 aromatic carbocycles. The lowest BCUT2D eigenvalue weighted by Gasteiger charge is -2.43. The van der Waals surface area contributed by atoms with Crippen molar-refractivity contribution in [1.82, 2.24) is 5.32 Å². The number of hydrogen-bond donors (Lipinski definition) is 1.